The van der Waals surface area contributed by atoms with Crippen LogP contribution in [-0.4, -0.2) is 38.0 Å². The molecule has 0 heterocycles. The largest absolute Gasteiger partial charge is 0.497 e. The highest BCUT2D eigenvalue weighted by Gasteiger charge is 2.09. The van der Waals surface area contributed by atoms with E-state index in [1.807, 2.05) is 0 Å². The molecular weight excluding hydrogens is 362 g/mol. The summed E-state index contributed by atoms with van der Waals surface area (Å²) in [5, 5.41) is 7.88. The second-order valence-electron chi connectivity index (χ2n) is 5.86. The highest BCUT2D eigenvalue weighted by atomic mass is 16.5. The third-order valence-electron chi connectivity index (χ3n) is 3.56. The van der Waals surface area contributed by atoms with Crippen LogP contribution in [0.1, 0.15) is 13.3 Å². The number of nitrogens with one attached hydrogen (secondary N) is 3. The molecule has 0 aliphatic carbocycles. The maximum absolute atomic E-state index is 11.9. The van der Waals surface area contributed by atoms with Gasteiger partial charge in [-0.1, -0.05) is 0 Å². The van der Waals surface area contributed by atoms with Gasteiger partial charge in [0.1, 0.15) is 24.5 Å². The molecule has 2 rings (SSSR count). The van der Waals surface area contributed by atoms with Crippen molar-refractivity contribution < 1.29 is 23.9 Å². The maximum Gasteiger partial charge on any atom is 0.233 e. The molecule has 2 aromatic carbocycles. The van der Waals surface area contributed by atoms with Crippen molar-refractivity contribution in [1.29, 1.82) is 0 Å². The van der Waals surface area contributed by atoms with Crippen molar-refractivity contribution in [3.8, 4) is 11.5 Å². The van der Waals surface area contributed by atoms with Gasteiger partial charge in [-0.3, -0.25) is 14.4 Å². The third kappa shape index (κ3) is 7.36. The molecule has 0 atom stereocenters. The third-order valence-corrected chi connectivity index (χ3v) is 3.56. The van der Waals surface area contributed by atoms with Gasteiger partial charge in [0.25, 0.3) is 0 Å². The zero-order valence-corrected chi connectivity index (χ0v) is 15.8. The summed E-state index contributed by atoms with van der Waals surface area (Å²) in [7, 11) is 1.59. The second-order valence-corrected chi connectivity index (χ2v) is 5.86. The number of amides is 3. The lowest BCUT2D eigenvalue weighted by Gasteiger charge is -2.09. The van der Waals surface area contributed by atoms with Crippen LogP contribution in [0.2, 0.25) is 0 Å². The molecule has 8 nitrogen and oxygen atoms in total. The number of hydrogen-bond acceptors (Lipinski definition) is 5. The van der Waals surface area contributed by atoms with Gasteiger partial charge in [-0.05, 0) is 48.5 Å². The van der Waals surface area contributed by atoms with Gasteiger partial charge in [0.05, 0.1) is 13.7 Å². The minimum atomic E-state index is -0.430. The Morgan fingerprint density at radius 2 is 1.39 bits per heavy atom. The number of ether oxygens (including phenoxy) is 2. The van der Waals surface area contributed by atoms with Crippen LogP contribution in [0, 0.1) is 0 Å². The van der Waals surface area contributed by atoms with Gasteiger partial charge in [0, 0.05) is 18.3 Å². The van der Waals surface area contributed by atoms with E-state index in [9.17, 15) is 14.4 Å². The van der Waals surface area contributed by atoms with Crippen molar-refractivity contribution in [3.05, 3.63) is 48.5 Å². The van der Waals surface area contributed by atoms with E-state index >= 15 is 0 Å². The van der Waals surface area contributed by atoms with Crippen LogP contribution >= 0.6 is 0 Å². The predicted octanol–water partition coefficient (Wildman–Crippen LogP) is 2.18. The summed E-state index contributed by atoms with van der Waals surface area (Å²) >= 11 is 0. The minimum Gasteiger partial charge on any atom is -0.497 e. The van der Waals surface area contributed by atoms with E-state index < -0.39 is 11.8 Å². The molecule has 0 aliphatic rings. The van der Waals surface area contributed by atoms with Gasteiger partial charge in [-0.15, -0.1) is 0 Å². The number of hydrogen-bond donors (Lipinski definition) is 3. The van der Waals surface area contributed by atoms with Gasteiger partial charge in [-0.2, -0.15) is 0 Å². The monoisotopic (exact) mass is 385 g/mol. The lowest BCUT2D eigenvalue weighted by atomic mass is 10.2. The first-order valence-electron chi connectivity index (χ1n) is 8.67. The lowest BCUT2D eigenvalue weighted by molar-refractivity contribution is -0.127. The number of benzene rings is 2. The SMILES string of the molecule is COc1ccc(OCCNC(=O)CC(=O)Nc2ccc(NC(C)=O)cc2)cc1. The number of methoxy groups -OCH3 is 1. The first-order chi connectivity index (χ1) is 13.5. The first-order valence-corrected chi connectivity index (χ1v) is 8.67. The molecule has 0 spiro atoms. The van der Waals surface area contributed by atoms with Crippen LogP contribution in [-0.2, 0) is 14.4 Å². The quantitative estimate of drug-likeness (QED) is 0.453. The summed E-state index contributed by atoms with van der Waals surface area (Å²) in [6.07, 6.45) is -0.296. The molecule has 0 saturated carbocycles. The fourth-order valence-corrected chi connectivity index (χ4v) is 2.28. The van der Waals surface area contributed by atoms with Crippen molar-refractivity contribution in [1.82, 2.24) is 5.32 Å². The maximum atomic E-state index is 11.9. The molecule has 2 aromatic rings. The van der Waals surface area contributed by atoms with E-state index in [2.05, 4.69) is 16.0 Å². The van der Waals surface area contributed by atoms with Gasteiger partial charge in [0.2, 0.25) is 17.7 Å². The fourth-order valence-electron chi connectivity index (χ4n) is 2.28. The van der Waals surface area contributed by atoms with Gasteiger partial charge in [-0.25, -0.2) is 0 Å². The normalized spacial score (nSPS) is 9.93. The second kappa shape index (κ2) is 10.6. The minimum absolute atomic E-state index is 0.176. The van der Waals surface area contributed by atoms with Crippen LogP contribution in [0.15, 0.2) is 48.5 Å². The molecule has 0 bridgehead atoms. The molecule has 0 aliphatic heterocycles. The zero-order chi connectivity index (χ0) is 20.4. The molecule has 3 amide bonds. The molecule has 0 radical (unpaired) electrons. The zero-order valence-electron chi connectivity index (χ0n) is 15.8. The van der Waals surface area contributed by atoms with Crippen molar-refractivity contribution in [2.75, 3.05) is 30.9 Å². The smallest absolute Gasteiger partial charge is 0.233 e. The Labute approximate surface area is 163 Å². The van der Waals surface area contributed by atoms with E-state index in [1.54, 1.807) is 55.6 Å². The lowest BCUT2D eigenvalue weighted by Crippen LogP contribution is -2.31. The number of carbonyl (C=O) groups is 3. The van der Waals surface area contributed by atoms with Crippen LogP contribution in [0.3, 0.4) is 0 Å². The Kier molecular flexibility index (Phi) is 7.83. The molecule has 0 fully saturated rings. The molecule has 8 heteroatoms. The summed E-state index contributed by atoms with van der Waals surface area (Å²) < 4.78 is 10.6. The van der Waals surface area contributed by atoms with Crippen LogP contribution in [0.4, 0.5) is 11.4 Å². The Bertz CT molecular complexity index is 804. The highest BCUT2D eigenvalue weighted by Crippen LogP contribution is 2.16. The number of rotatable bonds is 9. The summed E-state index contributed by atoms with van der Waals surface area (Å²) in [6, 6.07) is 13.7. The molecule has 28 heavy (non-hydrogen) atoms. The van der Waals surface area contributed by atoms with Crippen LogP contribution in [0.25, 0.3) is 0 Å². The topological polar surface area (TPSA) is 106 Å². The summed E-state index contributed by atoms with van der Waals surface area (Å²) in [5.41, 5.74) is 1.16. The molecule has 0 saturated heterocycles. The average molecular weight is 385 g/mol. The summed E-state index contributed by atoms with van der Waals surface area (Å²) in [4.78, 5) is 34.7. The Morgan fingerprint density at radius 3 is 1.96 bits per heavy atom. The van der Waals surface area contributed by atoms with E-state index in [4.69, 9.17) is 9.47 Å². The molecule has 0 aromatic heterocycles. The standard InChI is InChI=1S/C20H23N3O5/c1-14(24)22-15-3-5-16(6-4-15)23-20(26)13-19(25)21-11-12-28-18-9-7-17(27-2)8-10-18/h3-10H,11-13H2,1-2H3,(H,21,25)(H,22,24)(H,23,26). The van der Waals surface area contributed by atoms with E-state index in [-0.39, 0.29) is 25.5 Å². The van der Waals surface area contributed by atoms with Gasteiger partial charge in [0.15, 0.2) is 0 Å². The van der Waals surface area contributed by atoms with Crippen LogP contribution < -0.4 is 25.4 Å². The van der Waals surface area contributed by atoms with Crippen LogP contribution in [0.5, 0.6) is 11.5 Å². The first kappa shape index (κ1) is 20.8. The van der Waals surface area contributed by atoms with Crippen molar-refractivity contribution >= 4 is 29.1 Å². The van der Waals surface area contributed by atoms with Crippen molar-refractivity contribution in [2.24, 2.45) is 0 Å². The van der Waals surface area contributed by atoms with E-state index in [1.165, 1.54) is 6.92 Å². The number of carbonyl (C=O) groups excluding carboxylic acids is 3. The number of anilines is 2. The Morgan fingerprint density at radius 1 is 0.821 bits per heavy atom. The van der Waals surface area contributed by atoms with E-state index in [0.717, 1.165) is 5.75 Å². The van der Waals surface area contributed by atoms with Gasteiger partial charge >= 0.3 is 0 Å². The molecular formula is C20H23N3O5. The predicted molar refractivity (Wildman–Crippen MR) is 105 cm³/mol. The Hall–Kier alpha value is -3.55. The highest BCUT2D eigenvalue weighted by molar-refractivity contribution is 6.03. The summed E-state index contributed by atoms with van der Waals surface area (Å²) in [5.74, 6) is 0.392. The molecule has 148 valence electrons. The summed E-state index contributed by atoms with van der Waals surface area (Å²) in [6.45, 7) is 1.98. The fraction of sp³-hybridized carbons (Fsp3) is 0.250. The molecule has 3 N–H and O–H groups in total. The van der Waals surface area contributed by atoms with E-state index in [0.29, 0.717) is 17.1 Å². The van der Waals surface area contributed by atoms with Crippen molar-refractivity contribution in [2.45, 2.75) is 13.3 Å². The average Bonchev–Trinajstić information content (AvgIpc) is 2.67. The van der Waals surface area contributed by atoms with Gasteiger partial charge < -0.3 is 25.4 Å². The molecule has 0 unspecified atom stereocenters. The van der Waals surface area contributed by atoms with Crippen molar-refractivity contribution in [3.63, 3.8) is 0 Å². The Balaban J connectivity index is 1.66.